The molecule has 0 radical (unpaired) electrons. The van der Waals surface area contributed by atoms with Crippen molar-refractivity contribution in [3.63, 3.8) is 0 Å². The maximum absolute atomic E-state index is 6.07. The molecule has 0 spiro atoms. The van der Waals surface area contributed by atoms with Crippen LogP contribution in [-0.4, -0.2) is 16.2 Å². The minimum absolute atomic E-state index is 0.444. The average molecular weight is 347 g/mol. The first-order valence-corrected chi connectivity index (χ1v) is 7.56. The molecule has 1 aromatic heterocycles. The highest BCUT2D eigenvalue weighted by atomic mass is 79.9. The Bertz CT molecular complexity index is 542. The first-order chi connectivity index (χ1) is 8.56. The van der Waals surface area contributed by atoms with Gasteiger partial charge in [0.1, 0.15) is 10.0 Å². The van der Waals surface area contributed by atoms with Gasteiger partial charge in [0.25, 0.3) is 0 Å². The van der Waals surface area contributed by atoms with Gasteiger partial charge < -0.3 is 5.32 Å². The fourth-order valence-electron chi connectivity index (χ4n) is 1.36. The highest BCUT2D eigenvalue weighted by Crippen LogP contribution is 2.30. The summed E-state index contributed by atoms with van der Waals surface area (Å²) in [5.74, 6) is 0. The van der Waals surface area contributed by atoms with E-state index in [2.05, 4.69) is 45.3 Å². The van der Waals surface area contributed by atoms with Crippen molar-refractivity contribution in [2.75, 3.05) is 0 Å². The van der Waals surface area contributed by atoms with Crippen LogP contribution < -0.4 is 5.32 Å². The Hall–Kier alpha value is -0.490. The van der Waals surface area contributed by atoms with Gasteiger partial charge in [0.15, 0.2) is 0 Å². The molecule has 6 heteroatoms. The van der Waals surface area contributed by atoms with Gasteiger partial charge in [-0.05, 0) is 28.1 Å². The monoisotopic (exact) mass is 345 g/mol. The summed E-state index contributed by atoms with van der Waals surface area (Å²) in [6.45, 7) is 4.96. The summed E-state index contributed by atoms with van der Waals surface area (Å²) in [7, 11) is 0. The van der Waals surface area contributed by atoms with Crippen LogP contribution in [0.2, 0.25) is 5.02 Å². The lowest BCUT2D eigenvalue weighted by Crippen LogP contribution is -2.21. The maximum atomic E-state index is 6.07. The van der Waals surface area contributed by atoms with E-state index in [1.54, 1.807) is 11.3 Å². The number of hydrogen-bond donors (Lipinski definition) is 1. The molecule has 96 valence electrons. The van der Waals surface area contributed by atoms with Crippen molar-refractivity contribution in [3.8, 4) is 10.6 Å². The Morgan fingerprint density at radius 1 is 1.39 bits per heavy atom. The van der Waals surface area contributed by atoms with E-state index in [4.69, 9.17) is 11.6 Å². The molecule has 0 amide bonds. The standard InChI is InChI=1S/C12H13BrClN3S/c1-7(2)15-6-11-16-17-12(18-11)8-3-4-9(13)10(14)5-8/h3-5,7,15H,6H2,1-2H3. The second-order valence-electron chi connectivity index (χ2n) is 4.17. The molecule has 1 heterocycles. The Labute approximate surface area is 124 Å². The van der Waals surface area contributed by atoms with Crippen molar-refractivity contribution in [1.29, 1.82) is 0 Å². The summed E-state index contributed by atoms with van der Waals surface area (Å²) in [6, 6.07) is 6.24. The fourth-order valence-corrected chi connectivity index (χ4v) is 2.58. The molecule has 0 unspecified atom stereocenters. The summed E-state index contributed by atoms with van der Waals surface area (Å²) in [5, 5.41) is 14.2. The van der Waals surface area contributed by atoms with Crippen molar-refractivity contribution < 1.29 is 0 Å². The fraction of sp³-hybridized carbons (Fsp3) is 0.333. The van der Waals surface area contributed by atoms with Crippen molar-refractivity contribution in [1.82, 2.24) is 15.5 Å². The molecule has 2 aromatic rings. The lowest BCUT2D eigenvalue weighted by molar-refractivity contribution is 0.585. The number of halogens is 2. The molecule has 2 rings (SSSR count). The SMILES string of the molecule is CC(C)NCc1nnc(-c2ccc(Br)c(Cl)c2)s1. The maximum Gasteiger partial charge on any atom is 0.147 e. The predicted molar refractivity (Wildman–Crippen MR) is 80.0 cm³/mol. The molecule has 18 heavy (non-hydrogen) atoms. The molecule has 1 aromatic carbocycles. The van der Waals surface area contributed by atoms with E-state index in [-0.39, 0.29) is 0 Å². The lowest BCUT2D eigenvalue weighted by Gasteiger charge is -2.03. The van der Waals surface area contributed by atoms with E-state index in [1.165, 1.54) is 0 Å². The summed E-state index contributed by atoms with van der Waals surface area (Å²) >= 11 is 11.0. The van der Waals surface area contributed by atoms with Gasteiger partial charge in [-0.1, -0.05) is 42.9 Å². The first kappa shape index (κ1) is 13.9. The van der Waals surface area contributed by atoms with Gasteiger partial charge in [0.05, 0.1) is 5.02 Å². The topological polar surface area (TPSA) is 37.8 Å². The van der Waals surface area contributed by atoms with E-state index in [0.29, 0.717) is 11.1 Å². The molecule has 0 bridgehead atoms. The Morgan fingerprint density at radius 3 is 2.83 bits per heavy atom. The van der Waals surface area contributed by atoms with Gasteiger partial charge in [-0.3, -0.25) is 0 Å². The van der Waals surface area contributed by atoms with E-state index in [9.17, 15) is 0 Å². The van der Waals surface area contributed by atoms with Crippen LogP contribution >= 0.6 is 38.9 Å². The first-order valence-electron chi connectivity index (χ1n) is 5.57. The Morgan fingerprint density at radius 2 is 2.17 bits per heavy atom. The van der Waals surface area contributed by atoms with Crippen molar-refractivity contribution in [2.24, 2.45) is 0 Å². The molecule has 1 N–H and O–H groups in total. The predicted octanol–water partition coefficient (Wildman–Crippen LogP) is 4.12. The van der Waals surface area contributed by atoms with Gasteiger partial charge in [0.2, 0.25) is 0 Å². The number of rotatable bonds is 4. The highest BCUT2D eigenvalue weighted by Gasteiger charge is 2.08. The van der Waals surface area contributed by atoms with Gasteiger partial charge in [-0.25, -0.2) is 0 Å². The number of aromatic nitrogens is 2. The zero-order valence-corrected chi connectivity index (χ0v) is 13.2. The smallest absolute Gasteiger partial charge is 0.147 e. The van der Waals surface area contributed by atoms with Crippen LogP contribution in [-0.2, 0) is 6.54 Å². The van der Waals surface area contributed by atoms with Crippen molar-refractivity contribution in [3.05, 3.63) is 32.7 Å². The summed E-state index contributed by atoms with van der Waals surface area (Å²) in [4.78, 5) is 0. The van der Waals surface area contributed by atoms with E-state index in [0.717, 1.165) is 26.6 Å². The molecular formula is C12H13BrClN3S. The van der Waals surface area contributed by atoms with Crippen LogP contribution in [0.25, 0.3) is 10.6 Å². The van der Waals surface area contributed by atoms with Crippen LogP contribution in [0.15, 0.2) is 22.7 Å². The minimum Gasteiger partial charge on any atom is -0.308 e. The van der Waals surface area contributed by atoms with Gasteiger partial charge in [-0.15, -0.1) is 10.2 Å². The summed E-state index contributed by atoms with van der Waals surface area (Å²) in [5.41, 5.74) is 0.997. The second-order valence-corrected chi connectivity index (χ2v) is 6.49. The van der Waals surface area contributed by atoms with E-state index in [1.807, 2.05) is 18.2 Å². The van der Waals surface area contributed by atoms with Crippen LogP contribution in [0.1, 0.15) is 18.9 Å². The molecular weight excluding hydrogens is 334 g/mol. The van der Waals surface area contributed by atoms with Crippen LogP contribution in [0, 0.1) is 0 Å². The summed E-state index contributed by atoms with van der Waals surface area (Å²) in [6.07, 6.45) is 0. The molecule has 0 aliphatic rings. The van der Waals surface area contributed by atoms with Crippen molar-refractivity contribution >= 4 is 38.9 Å². The largest absolute Gasteiger partial charge is 0.308 e. The molecule has 0 aliphatic carbocycles. The lowest BCUT2D eigenvalue weighted by atomic mass is 10.2. The molecule has 0 saturated carbocycles. The third-order valence-corrected chi connectivity index (χ3v) is 4.50. The van der Waals surface area contributed by atoms with E-state index >= 15 is 0 Å². The molecule has 3 nitrogen and oxygen atoms in total. The number of nitrogens with one attached hydrogen (secondary N) is 1. The highest BCUT2D eigenvalue weighted by molar-refractivity contribution is 9.10. The Balaban J connectivity index is 2.16. The van der Waals surface area contributed by atoms with Crippen LogP contribution in [0.5, 0.6) is 0 Å². The quantitative estimate of drug-likeness (QED) is 0.905. The number of benzene rings is 1. The number of nitrogens with zero attached hydrogens (tertiary/aromatic N) is 2. The summed E-state index contributed by atoms with van der Waals surface area (Å²) < 4.78 is 0.888. The van der Waals surface area contributed by atoms with Gasteiger partial charge >= 0.3 is 0 Å². The van der Waals surface area contributed by atoms with Crippen LogP contribution in [0.4, 0.5) is 0 Å². The van der Waals surface area contributed by atoms with E-state index < -0.39 is 0 Å². The van der Waals surface area contributed by atoms with Crippen molar-refractivity contribution in [2.45, 2.75) is 26.4 Å². The normalized spacial score (nSPS) is 11.2. The zero-order valence-electron chi connectivity index (χ0n) is 10.1. The third-order valence-electron chi connectivity index (χ3n) is 2.29. The second kappa shape index (κ2) is 6.10. The molecule has 0 saturated heterocycles. The average Bonchev–Trinajstić information content (AvgIpc) is 2.79. The van der Waals surface area contributed by atoms with Gasteiger partial charge in [-0.2, -0.15) is 0 Å². The minimum atomic E-state index is 0.444. The molecule has 0 fully saturated rings. The van der Waals surface area contributed by atoms with Gasteiger partial charge in [0, 0.05) is 22.6 Å². The molecule has 0 atom stereocenters. The number of hydrogen-bond acceptors (Lipinski definition) is 4. The Kier molecular flexibility index (Phi) is 4.72. The molecule has 0 aliphatic heterocycles. The third kappa shape index (κ3) is 3.51. The zero-order chi connectivity index (χ0) is 13.1. The van der Waals surface area contributed by atoms with Crippen LogP contribution in [0.3, 0.4) is 0 Å².